The van der Waals surface area contributed by atoms with Crippen molar-refractivity contribution in [1.82, 2.24) is 19.9 Å². The third kappa shape index (κ3) is 7.45. The third-order valence-corrected chi connectivity index (χ3v) is 10.3. The Bertz CT molecular complexity index is 1880. The van der Waals surface area contributed by atoms with Crippen LogP contribution in [0.15, 0.2) is 30.5 Å². The number of likely N-dealkylation sites (N-methyl/N-ethyl adjacent to an activating group) is 1. The molecule has 0 saturated carbocycles. The first-order valence-electron chi connectivity index (χ1n) is 17.9. The highest BCUT2D eigenvalue weighted by molar-refractivity contribution is 6.01. The number of benzene rings is 2. The van der Waals surface area contributed by atoms with Crippen LogP contribution in [0.1, 0.15) is 57.9 Å². The van der Waals surface area contributed by atoms with Gasteiger partial charge in [-0.05, 0) is 93.5 Å². The molecule has 5 heterocycles. The number of anilines is 1. The van der Waals surface area contributed by atoms with E-state index in [0.29, 0.717) is 77.9 Å². The van der Waals surface area contributed by atoms with Crippen molar-refractivity contribution in [3.8, 4) is 23.0 Å². The molecule has 51 heavy (non-hydrogen) atoms. The van der Waals surface area contributed by atoms with Crippen LogP contribution in [0.4, 0.5) is 14.6 Å². The van der Waals surface area contributed by atoms with Gasteiger partial charge in [-0.25, -0.2) is 8.78 Å². The molecule has 0 amide bonds. The van der Waals surface area contributed by atoms with Crippen LogP contribution in [-0.4, -0.2) is 103 Å². The number of aromatic nitrogens is 3. The van der Waals surface area contributed by atoms with Crippen LogP contribution >= 0.6 is 0 Å². The molecule has 0 radical (unpaired) electrons. The second-order valence-electron chi connectivity index (χ2n) is 14.2. The molecule has 2 aromatic carbocycles. The summed E-state index contributed by atoms with van der Waals surface area (Å²) in [7, 11) is 3.45. The Kier molecular flexibility index (Phi) is 10.5. The van der Waals surface area contributed by atoms with E-state index >= 15 is 8.78 Å². The van der Waals surface area contributed by atoms with Crippen molar-refractivity contribution in [2.24, 2.45) is 0 Å². The number of aliphatic hydroxyl groups excluding tert-OH is 1. The third-order valence-electron chi connectivity index (χ3n) is 10.3. The topological polar surface area (TPSA) is 112 Å². The molecule has 4 aromatic rings. The fourth-order valence-electron chi connectivity index (χ4n) is 7.77. The largest absolute Gasteiger partial charge is 0.468 e. The van der Waals surface area contributed by atoms with Crippen molar-refractivity contribution in [2.75, 3.05) is 58.7 Å². The molecule has 2 aromatic heterocycles. The van der Waals surface area contributed by atoms with Crippen LogP contribution in [0.3, 0.4) is 0 Å². The number of hydrogen-bond acceptors (Lipinski definition) is 11. The molecular weight excluding hydrogens is 660 g/mol. The van der Waals surface area contributed by atoms with Crippen LogP contribution in [0, 0.1) is 11.6 Å². The average Bonchev–Trinajstić information content (AvgIpc) is 3.45. The molecule has 7 rings (SSSR count). The number of β-amino-alcohol motifs (C(OH)–C–C–N with tert-alkyl or cyclic N) is 1. The number of hydrogen-bond donors (Lipinski definition) is 1. The van der Waals surface area contributed by atoms with Gasteiger partial charge in [-0.2, -0.15) is 9.97 Å². The molecule has 1 N–H and O–H groups in total. The van der Waals surface area contributed by atoms with Crippen LogP contribution in [0.2, 0.25) is 0 Å². The van der Waals surface area contributed by atoms with Crippen molar-refractivity contribution < 1.29 is 37.6 Å². The first-order chi connectivity index (χ1) is 24.7. The number of piperidine rings is 1. The van der Waals surface area contributed by atoms with Gasteiger partial charge in [-0.3, -0.25) is 9.88 Å². The number of methoxy groups -OCH3 is 1. The summed E-state index contributed by atoms with van der Waals surface area (Å²) in [6, 6.07) is 6.49. The zero-order valence-electron chi connectivity index (χ0n) is 29.8. The second kappa shape index (κ2) is 15.1. The summed E-state index contributed by atoms with van der Waals surface area (Å²) in [5, 5.41) is 11.9. The lowest BCUT2D eigenvalue weighted by atomic mass is 9.93. The summed E-state index contributed by atoms with van der Waals surface area (Å²) in [6.07, 6.45) is 6.43. The van der Waals surface area contributed by atoms with Gasteiger partial charge in [-0.1, -0.05) is 13.0 Å². The van der Waals surface area contributed by atoms with Gasteiger partial charge < -0.3 is 33.7 Å². The molecule has 13 heteroatoms. The summed E-state index contributed by atoms with van der Waals surface area (Å²) >= 11 is 0. The molecule has 4 atom stereocenters. The SMILES string of the molecule is CCc1c(F)ccc2cc(OCOC)cc(-c3ncc4c(N5CCC[C@@](C)(OC6CCCCO6)C5)nc(OC[C@@H]5C[C@@H](O)CN5C)nc4c3F)c12. The highest BCUT2D eigenvalue weighted by Crippen LogP contribution is 2.40. The highest BCUT2D eigenvalue weighted by Gasteiger charge is 2.37. The lowest BCUT2D eigenvalue weighted by molar-refractivity contribution is -0.221. The molecule has 1 unspecified atom stereocenters. The molecular formula is C38H47F2N5O6. The highest BCUT2D eigenvalue weighted by atomic mass is 19.1. The molecule has 3 aliphatic heterocycles. The van der Waals surface area contributed by atoms with E-state index in [9.17, 15) is 5.11 Å². The summed E-state index contributed by atoms with van der Waals surface area (Å²) in [6.45, 7) is 6.55. The first kappa shape index (κ1) is 35.6. The smallest absolute Gasteiger partial charge is 0.319 e. The first-order valence-corrected chi connectivity index (χ1v) is 17.9. The molecule has 274 valence electrons. The van der Waals surface area contributed by atoms with E-state index in [4.69, 9.17) is 28.7 Å². The van der Waals surface area contributed by atoms with Gasteiger partial charge in [0.1, 0.15) is 35.2 Å². The van der Waals surface area contributed by atoms with Crippen molar-refractivity contribution in [2.45, 2.75) is 82.8 Å². The van der Waals surface area contributed by atoms with E-state index in [1.807, 2.05) is 18.9 Å². The van der Waals surface area contributed by atoms with Crippen molar-refractivity contribution in [1.29, 1.82) is 0 Å². The van der Waals surface area contributed by atoms with Crippen molar-refractivity contribution in [3.63, 3.8) is 0 Å². The van der Waals surface area contributed by atoms with Gasteiger partial charge in [0.15, 0.2) is 18.9 Å². The minimum absolute atomic E-state index is 0.00572. The quantitative estimate of drug-likeness (QED) is 0.185. The number of nitrogens with zero attached hydrogens (tertiary/aromatic N) is 5. The lowest BCUT2D eigenvalue weighted by Crippen LogP contribution is -2.50. The van der Waals surface area contributed by atoms with Crippen LogP contribution < -0.4 is 14.4 Å². The van der Waals surface area contributed by atoms with E-state index in [1.54, 1.807) is 24.4 Å². The van der Waals surface area contributed by atoms with E-state index in [0.717, 1.165) is 32.1 Å². The number of fused-ring (bicyclic) bond motifs is 2. The maximum Gasteiger partial charge on any atom is 0.319 e. The zero-order chi connectivity index (χ0) is 35.7. The van der Waals surface area contributed by atoms with Crippen LogP contribution in [0.25, 0.3) is 32.9 Å². The number of rotatable bonds is 11. The molecule has 3 fully saturated rings. The Labute approximate surface area is 296 Å². The maximum absolute atomic E-state index is 17.2. The fraction of sp³-hybridized carbons (Fsp3) is 0.553. The Morgan fingerprint density at radius 1 is 1.12 bits per heavy atom. The minimum Gasteiger partial charge on any atom is -0.468 e. The number of aryl methyl sites for hydroxylation is 1. The van der Waals surface area contributed by atoms with E-state index in [-0.39, 0.29) is 48.8 Å². The summed E-state index contributed by atoms with van der Waals surface area (Å²) in [4.78, 5) is 18.3. The molecule has 0 aliphatic carbocycles. The molecule has 11 nitrogen and oxygen atoms in total. The van der Waals surface area contributed by atoms with E-state index in [2.05, 4.69) is 21.8 Å². The van der Waals surface area contributed by atoms with Crippen molar-refractivity contribution >= 4 is 27.5 Å². The number of halogens is 2. The summed E-state index contributed by atoms with van der Waals surface area (Å²) in [5.74, 6) is -0.139. The average molecular weight is 708 g/mol. The van der Waals surface area contributed by atoms with Crippen LogP contribution in [0.5, 0.6) is 11.8 Å². The Balaban J connectivity index is 1.33. The molecule has 3 saturated heterocycles. The van der Waals surface area contributed by atoms with Gasteiger partial charge in [-0.15, -0.1) is 0 Å². The Hall–Kier alpha value is -3.75. The standard InChI is InChI=1S/C38H47F2N5O6/c1-5-27-30(39)11-10-23-15-26(50-22-47-4)17-28(32(23)27)34-33(40)35-29(18-41-34)36(43-37(42-35)49-20-24-16-25(46)19-44(24)3)45-13-8-12-38(2,21-45)51-31-9-6-7-14-48-31/h10-11,15,17-18,24-25,31,46H,5-9,12-14,16,19-22H2,1-4H3/t24-,25+,31?,38+/m0/s1. The van der Waals surface area contributed by atoms with E-state index < -0.39 is 17.5 Å². The number of aliphatic hydroxyl groups is 1. The second-order valence-corrected chi connectivity index (χ2v) is 14.2. The number of pyridine rings is 1. The summed E-state index contributed by atoms with van der Waals surface area (Å²) in [5.41, 5.74) is 0.354. The number of ether oxygens (including phenoxy) is 5. The van der Waals surface area contributed by atoms with Crippen LogP contribution in [-0.2, 0) is 20.6 Å². The van der Waals surface area contributed by atoms with Crippen molar-refractivity contribution in [3.05, 3.63) is 47.7 Å². The molecule has 3 aliphatic rings. The van der Waals surface area contributed by atoms with Gasteiger partial charge in [0.2, 0.25) is 0 Å². The van der Waals surface area contributed by atoms with Gasteiger partial charge >= 0.3 is 6.01 Å². The minimum atomic E-state index is -0.683. The normalized spacial score (nSPS) is 24.5. The zero-order valence-corrected chi connectivity index (χ0v) is 29.8. The molecule has 0 spiro atoms. The van der Waals surface area contributed by atoms with Gasteiger partial charge in [0.25, 0.3) is 0 Å². The molecule has 0 bridgehead atoms. The fourth-order valence-corrected chi connectivity index (χ4v) is 7.77. The Morgan fingerprint density at radius 2 is 1.98 bits per heavy atom. The predicted molar refractivity (Wildman–Crippen MR) is 189 cm³/mol. The maximum atomic E-state index is 17.2. The number of likely N-dealkylation sites (tertiary alicyclic amines) is 1. The lowest BCUT2D eigenvalue weighted by Gasteiger charge is -2.43. The van der Waals surface area contributed by atoms with E-state index in [1.165, 1.54) is 13.2 Å². The monoisotopic (exact) mass is 707 g/mol. The summed E-state index contributed by atoms with van der Waals surface area (Å²) < 4.78 is 62.0. The van der Waals surface area contributed by atoms with Gasteiger partial charge in [0.05, 0.1) is 17.1 Å². The predicted octanol–water partition coefficient (Wildman–Crippen LogP) is 6.01. The van der Waals surface area contributed by atoms with Gasteiger partial charge in [0, 0.05) is 51.2 Å². The Morgan fingerprint density at radius 3 is 2.73 bits per heavy atom.